The third kappa shape index (κ3) is 5.25. The maximum Gasteiger partial charge on any atom is 0.446 e. The van der Waals surface area contributed by atoms with Crippen LogP contribution in [0.4, 0.5) is 19.0 Å². The largest absolute Gasteiger partial charge is 0.446 e. The van der Waals surface area contributed by atoms with Crippen LogP contribution in [0, 0.1) is 23.2 Å². The van der Waals surface area contributed by atoms with Crippen molar-refractivity contribution in [2.45, 2.75) is 41.7 Å². The number of alkyl halides is 3. The molecule has 2 aromatic rings. The van der Waals surface area contributed by atoms with Crippen LogP contribution >= 0.6 is 11.8 Å². The lowest BCUT2D eigenvalue weighted by Gasteiger charge is -2.47. The molecular weight excluding hydrogens is 469 g/mol. The first-order valence-corrected chi connectivity index (χ1v) is 11.5. The Hall–Kier alpha value is -2.93. The molecule has 1 amide bonds. The minimum Gasteiger partial charge on any atom is -0.375 e. The number of ether oxygens (including phenoxy) is 1. The number of pyridine rings is 1. The van der Waals surface area contributed by atoms with Crippen LogP contribution in [0.25, 0.3) is 5.52 Å². The zero-order valence-corrected chi connectivity index (χ0v) is 19.2. The van der Waals surface area contributed by atoms with E-state index in [4.69, 9.17) is 4.74 Å². The Morgan fingerprint density at radius 2 is 2.09 bits per heavy atom. The number of likely N-dealkylation sites (tertiary alicyclic amines) is 1. The summed E-state index contributed by atoms with van der Waals surface area (Å²) in [5.74, 6) is 5.60. The van der Waals surface area contributed by atoms with E-state index < -0.39 is 11.0 Å². The number of anilines is 1. The fraction of sp³-hybridized carbons (Fsp3) is 0.500. The van der Waals surface area contributed by atoms with Crippen LogP contribution in [-0.2, 0) is 9.53 Å². The number of halogens is 3. The van der Waals surface area contributed by atoms with Crippen molar-refractivity contribution in [2.75, 3.05) is 38.2 Å². The van der Waals surface area contributed by atoms with Crippen LogP contribution in [0.15, 0.2) is 23.1 Å². The standard InChI is InChI=1S/C22H23F3N6O2S/c1-15(32)27-9-3-4-17-20(34-22(23,24)25)18-5-2-6-19(31(18)29-17)28-16-7-10-30(11-8-16)21(12-26)13-33-14-21/h2,5-6,16,28H,7-11,13-14H2,1H3,(H,27,32). The Morgan fingerprint density at radius 3 is 2.68 bits per heavy atom. The summed E-state index contributed by atoms with van der Waals surface area (Å²) in [5, 5.41) is 19.7. The van der Waals surface area contributed by atoms with Crippen LogP contribution in [0.2, 0.25) is 0 Å². The number of nitriles is 1. The molecule has 0 unspecified atom stereocenters. The summed E-state index contributed by atoms with van der Waals surface area (Å²) in [4.78, 5) is 13.1. The van der Waals surface area contributed by atoms with Gasteiger partial charge in [0.25, 0.3) is 0 Å². The Kier molecular flexibility index (Phi) is 6.94. The monoisotopic (exact) mass is 492 g/mol. The Morgan fingerprint density at radius 1 is 1.35 bits per heavy atom. The molecule has 0 bridgehead atoms. The summed E-state index contributed by atoms with van der Waals surface area (Å²) in [6.45, 7) is 3.62. The number of thioether (sulfide) groups is 1. The van der Waals surface area contributed by atoms with Gasteiger partial charge < -0.3 is 15.4 Å². The van der Waals surface area contributed by atoms with Crippen LogP contribution in [0.1, 0.15) is 25.5 Å². The van der Waals surface area contributed by atoms with E-state index >= 15 is 0 Å². The minimum absolute atomic E-state index is 0.00214. The number of nitrogens with one attached hydrogen (secondary N) is 2. The average molecular weight is 493 g/mol. The van der Waals surface area contributed by atoms with E-state index in [1.165, 1.54) is 11.4 Å². The van der Waals surface area contributed by atoms with Gasteiger partial charge in [-0.2, -0.15) is 23.5 Å². The fourth-order valence-corrected chi connectivity index (χ4v) is 4.70. The molecule has 2 N–H and O–H groups in total. The second-order valence-corrected chi connectivity index (χ2v) is 9.26. The lowest BCUT2D eigenvalue weighted by atomic mass is 9.92. The van der Waals surface area contributed by atoms with Crippen LogP contribution < -0.4 is 10.6 Å². The number of hydrogen-bond acceptors (Lipinski definition) is 7. The van der Waals surface area contributed by atoms with Crippen molar-refractivity contribution in [3.05, 3.63) is 23.9 Å². The van der Waals surface area contributed by atoms with Gasteiger partial charge in [0.15, 0.2) is 5.54 Å². The van der Waals surface area contributed by atoms with E-state index in [-0.39, 0.29) is 40.8 Å². The number of rotatable bonds is 5. The molecule has 2 aliphatic rings. The highest BCUT2D eigenvalue weighted by molar-refractivity contribution is 8.00. The molecule has 34 heavy (non-hydrogen) atoms. The molecule has 8 nitrogen and oxygen atoms in total. The second kappa shape index (κ2) is 9.74. The molecule has 0 radical (unpaired) electrons. The van der Waals surface area contributed by atoms with Gasteiger partial charge in [0.2, 0.25) is 5.91 Å². The third-order valence-electron chi connectivity index (χ3n) is 5.80. The molecule has 180 valence electrons. The molecule has 12 heteroatoms. The van der Waals surface area contributed by atoms with Crippen molar-refractivity contribution < 1.29 is 22.7 Å². The number of amides is 1. The summed E-state index contributed by atoms with van der Waals surface area (Å²) in [6.07, 6.45) is 1.54. The first-order chi connectivity index (χ1) is 16.2. The van der Waals surface area contributed by atoms with Gasteiger partial charge in [-0.05, 0) is 42.7 Å². The van der Waals surface area contributed by atoms with Crippen molar-refractivity contribution in [2.24, 2.45) is 0 Å². The number of fused-ring (bicyclic) bond motifs is 1. The minimum atomic E-state index is -4.50. The number of aromatic nitrogens is 2. The van der Waals surface area contributed by atoms with Crippen molar-refractivity contribution in [3.63, 3.8) is 0 Å². The highest BCUT2D eigenvalue weighted by Crippen LogP contribution is 2.41. The number of carbonyl (C=O) groups excluding carboxylic acids is 1. The Bertz CT molecular complexity index is 1170. The SMILES string of the molecule is CC(=O)NCC#Cc1nn2c(NC3CCN(C4(C#N)COC4)CC3)cccc2c1SC(F)(F)F. The number of nitrogens with zero attached hydrogens (tertiary/aromatic N) is 4. The van der Waals surface area contributed by atoms with Crippen molar-refractivity contribution >= 4 is 29.0 Å². The van der Waals surface area contributed by atoms with Gasteiger partial charge in [-0.3, -0.25) is 9.69 Å². The van der Waals surface area contributed by atoms with Crippen molar-refractivity contribution in [1.82, 2.24) is 19.8 Å². The molecule has 0 aliphatic carbocycles. The summed E-state index contributed by atoms with van der Waals surface area (Å²) in [7, 11) is 0. The number of hydrogen-bond donors (Lipinski definition) is 2. The number of piperidine rings is 1. The summed E-state index contributed by atoms with van der Waals surface area (Å²) >= 11 is -0.253. The normalized spacial score (nSPS) is 18.4. The van der Waals surface area contributed by atoms with Gasteiger partial charge in [-0.15, -0.1) is 0 Å². The first-order valence-electron chi connectivity index (χ1n) is 10.7. The van der Waals surface area contributed by atoms with Gasteiger partial charge in [0.05, 0.1) is 36.2 Å². The second-order valence-electron chi connectivity index (χ2n) is 8.19. The highest BCUT2D eigenvalue weighted by atomic mass is 32.2. The molecule has 2 aromatic heterocycles. The van der Waals surface area contributed by atoms with Gasteiger partial charge >= 0.3 is 5.51 Å². The van der Waals surface area contributed by atoms with Gasteiger partial charge in [-0.25, -0.2) is 4.52 Å². The molecule has 2 saturated heterocycles. The molecule has 2 fully saturated rings. The number of carbonyl (C=O) groups is 1. The molecule has 4 heterocycles. The van der Waals surface area contributed by atoms with E-state index in [2.05, 4.69) is 38.5 Å². The summed E-state index contributed by atoms with van der Waals surface area (Å²) in [5.41, 5.74) is -4.75. The summed E-state index contributed by atoms with van der Waals surface area (Å²) in [6, 6.07) is 7.46. The third-order valence-corrected chi connectivity index (χ3v) is 6.64. The maximum absolute atomic E-state index is 13.3. The molecular formula is C22H23F3N6O2S. The fourth-order valence-electron chi connectivity index (χ4n) is 4.03. The van der Waals surface area contributed by atoms with Gasteiger partial charge in [-0.1, -0.05) is 12.0 Å². The van der Waals surface area contributed by atoms with E-state index in [0.29, 0.717) is 24.5 Å². The lowest BCUT2D eigenvalue weighted by Crippen LogP contribution is -2.63. The van der Waals surface area contributed by atoms with Gasteiger partial charge in [0.1, 0.15) is 11.5 Å². The maximum atomic E-state index is 13.3. The van der Waals surface area contributed by atoms with Gasteiger partial charge in [0, 0.05) is 26.1 Å². The Balaban J connectivity index is 1.55. The molecule has 0 saturated carbocycles. The van der Waals surface area contributed by atoms with Crippen molar-refractivity contribution in [3.8, 4) is 17.9 Å². The highest BCUT2D eigenvalue weighted by Gasteiger charge is 2.45. The molecule has 0 atom stereocenters. The van der Waals surface area contributed by atoms with Crippen LogP contribution in [0.5, 0.6) is 0 Å². The summed E-state index contributed by atoms with van der Waals surface area (Å²) < 4.78 is 46.5. The molecule has 4 rings (SSSR count). The van der Waals surface area contributed by atoms with Crippen LogP contribution in [-0.4, -0.2) is 70.4 Å². The zero-order chi connectivity index (χ0) is 24.3. The zero-order valence-electron chi connectivity index (χ0n) is 18.4. The van der Waals surface area contributed by atoms with E-state index in [1.807, 2.05) is 0 Å². The Labute approximate surface area is 198 Å². The smallest absolute Gasteiger partial charge is 0.375 e. The van der Waals surface area contributed by atoms with E-state index in [1.54, 1.807) is 18.2 Å². The van der Waals surface area contributed by atoms with E-state index in [0.717, 1.165) is 25.9 Å². The predicted molar refractivity (Wildman–Crippen MR) is 120 cm³/mol. The molecule has 0 spiro atoms. The topological polar surface area (TPSA) is 94.7 Å². The molecule has 2 aliphatic heterocycles. The predicted octanol–water partition coefficient (Wildman–Crippen LogP) is 2.60. The average Bonchev–Trinajstić information content (AvgIpc) is 3.09. The molecule has 0 aromatic carbocycles. The van der Waals surface area contributed by atoms with E-state index in [9.17, 15) is 23.2 Å². The lowest BCUT2D eigenvalue weighted by molar-refractivity contribution is -0.118. The quantitative estimate of drug-likeness (QED) is 0.490. The first kappa shape index (κ1) is 24.2. The van der Waals surface area contributed by atoms with Crippen LogP contribution in [0.3, 0.4) is 0 Å². The van der Waals surface area contributed by atoms with Crippen molar-refractivity contribution in [1.29, 1.82) is 5.26 Å².